The van der Waals surface area contributed by atoms with Crippen LogP contribution in [-0.4, -0.2) is 28.5 Å². The molecule has 19 heavy (non-hydrogen) atoms. The molecule has 1 heterocycles. The van der Waals surface area contributed by atoms with Crippen LogP contribution in [0.1, 0.15) is 31.4 Å². The number of benzene rings is 1. The Labute approximate surface area is 119 Å². The fraction of sp³-hybridized carbons (Fsp3) is 0.600. The van der Waals surface area contributed by atoms with Crippen LogP contribution in [0, 0.1) is 5.82 Å². The maximum atomic E-state index is 13.4. The van der Waals surface area contributed by atoms with Gasteiger partial charge in [0.2, 0.25) is 0 Å². The van der Waals surface area contributed by atoms with Crippen LogP contribution in [0.4, 0.5) is 4.39 Å². The Morgan fingerprint density at radius 3 is 2.89 bits per heavy atom. The highest BCUT2D eigenvalue weighted by molar-refractivity contribution is 8.00. The number of halogens is 1. The summed E-state index contributed by atoms with van der Waals surface area (Å²) in [5, 5.41) is 0. The van der Waals surface area contributed by atoms with E-state index in [0.29, 0.717) is 10.3 Å². The van der Waals surface area contributed by atoms with Gasteiger partial charge in [-0.25, -0.2) is 4.39 Å². The molecule has 1 aromatic rings. The zero-order valence-electron chi connectivity index (χ0n) is 11.8. The van der Waals surface area contributed by atoms with Crippen LogP contribution in [0.15, 0.2) is 18.2 Å². The first-order valence-corrected chi connectivity index (χ1v) is 7.82. The number of rotatable bonds is 3. The van der Waals surface area contributed by atoms with E-state index in [1.807, 2.05) is 23.9 Å². The van der Waals surface area contributed by atoms with Crippen molar-refractivity contribution in [1.29, 1.82) is 0 Å². The van der Waals surface area contributed by atoms with Gasteiger partial charge in [-0.3, -0.25) is 4.90 Å². The molecule has 4 heteroatoms. The SMILES string of the molecule is CC1(C)CCN(Cc2ccc(F)c(CN)c2)CCS1. The molecule has 1 aliphatic heterocycles. The van der Waals surface area contributed by atoms with Crippen molar-refractivity contribution in [2.45, 2.75) is 38.1 Å². The monoisotopic (exact) mass is 282 g/mol. The van der Waals surface area contributed by atoms with E-state index in [-0.39, 0.29) is 12.4 Å². The van der Waals surface area contributed by atoms with Gasteiger partial charge in [-0.15, -0.1) is 0 Å². The minimum Gasteiger partial charge on any atom is -0.326 e. The van der Waals surface area contributed by atoms with Gasteiger partial charge in [0.1, 0.15) is 5.82 Å². The summed E-state index contributed by atoms with van der Waals surface area (Å²) in [6.45, 7) is 7.99. The predicted molar refractivity (Wildman–Crippen MR) is 80.7 cm³/mol. The predicted octanol–water partition coefficient (Wildman–Crippen LogP) is 3.00. The smallest absolute Gasteiger partial charge is 0.127 e. The summed E-state index contributed by atoms with van der Waals surface area (Å²) in [4.78, 5) is 2.45. The molecule has 2 rings (SSSR count). The maximum absolute atomic E-state index is 13.4. The summed E-state index contributed by atoms with van der Waals surface area (Å²) < 4.78 is 13.8. The van der Waals surface area contributed by atoms with Crippen LogP contribution in [-0.2, 0) is 13.1 Å². The largest absolute Gasteiger partial charge is 0.326 e. The summed E-state index contributed by atoms with van der Waals surface area (Å²) in [6.07, 6.45) is 1.20. The van der Waals surface area contributed by atoms with E-state index in [9.17, 15) is 4.39 Å². The second-order valence-electron chi connectivity index (χ2n) is 5.76. The Morgan fingerprint density at radius 1 is 1.37 bits per heavy atom. The molecular weight excluding hydrogens is 259 g/mol. The molecule has 2 nitrogen and oxygen atoms in total. The van der Waals surface area contributed by atoms with Gasteiger partial charge in [-0.2, -0.15) is 11.8 Å². The Morgan fingerprint density at radius 2 is 2.16 bits per heavy atom. The van der Waals surface area contributed by atoms with Crippen molar-refractivity contribution in [1.82, 2.24) is 4.90 Å². The number of thioether (sulfide) groups is 1. The van der Waals surface area contributed by atoms with Gasteiger partial charge in [-0.05, 0) is 24.6 Å². The molecule has 1 aromatic carbocycles. The van der Waals surface area contributed by atoms with Crippen LogP contribution in [0.3, 0.4) is 0 Å². The van der Waals surface area contributed by atoms with Crippen molar-refractivity contribution in [2.75, 3.05) is 18.8 Å². The molecule has 1 fully saturated rings. The van der Waals surface area contributed by atoms with Gasteiger partial charge in [0.15, 0.2) is 0 Å². The average Bonchev–Trinajstić information content (AvgIpc) is 2.53. The van der Waals surface area contributed by atoms with Crippen molar-refractivity contribution in [3.8, 4) is 0 Å². The molecule has 0 aromatic heterocycles. The maximum Gasteiger partial charge on any atom is 0.127 e. The first-order chi connectivity index (χ1) is 9.00. The van der Waals surface area contributed by atoms with E-state index in [1.54, 1.807) is 0 Å². The standard InChI is InChI=1S/C15H23FN2S/c1-15(2)5-6-18(7-8-19-15)11-12-3-4-14(16)13(9-12)10-17/h3-4,9H,5-8,10-11,17H2,1-2H3. The van der Waals surface area contributed by atoms with E-state index in [0.717, 1.165) is 31.0 Å². The highest BCUT2D eigenvalue weighted by atomic mass is 32.2. The zero-order valence-corrected chi connectivity index (χ0v) is 12.6. The van der Waals surface area contributed by atoms with E-state index < -0.39 is 0 Å². The van der Waals surface area contributed by atoms with Gasteiger partial charge in [0, 0.05) is 35.7 Å². The van der Waals surface area contributed by atoms with Gasteiger partial charge in [-0.1, -0.05) is 26.0 Å². The van der Waals surface area contributed by atoms with Crippen molar-refractivity contribution in [3.63, 3.8) is 0 Å². The van der Waals surface area contributed by atoms with Crippen LogP contribution in [0.5, 0.6) is 0 Å². The molecule has 0 radical (unpaired) electrons. The third-order valence-electron chi connectivity index (χ3n) is 3.67. The molecule has 0 bridgehead atoms. The molecule has 0 amide bonds. The fourth-order valence-corrected chi connectivity index (χ4v) is 3.50. The van der Waals surface area contributed by atoms with Crippen molar-refractivity contribution in [3.05, 3.63) is 35.1 Å². The van der Waals surface area contributed by atoms with Crippen LogP contribution >= 0.6 is 11.8 Å². The van der Waals surface area contributed by atoms with E-state index in [1.165, 1.54) is 12.5 Å². The number of nitrogens with zero attached hydrogens (tertiary/aromatic N) is 1. The highest BCUT2D eigenvalue weighted by Gasteiger charge is 2.23. The molecule has 106 valence electrons. The number of hydrogen-bond donors (Lipinski definition) is 1. The third-order valence-corrected chi connectivity index (χ3v) is 5.04. The second-order valence-corrected chi connectivity index (χ2v) is 7.57. The minimum atomic E-state index is -0.196. The molecule has 0 unspecified atom stereocenters. The first kappa shape index (κ1) is 14.8. The van der Waals surface area contributed by atoms with E-state index in [2.05, 4.69) is 18.7 Å². The van der Waals surface area contributed by atoms with E-state index >= 15 is 0 Å². The molecule has 0 aliphatic carbocycles. The Hall–Kier alpha value is -0.580. The van der Waals surface area contributed by atoms with Crippen LogP contribution in [0.25, 0.3) is 0 Å². The molecule has 1 saturated heterocycles. The molecule has 1 aliphatic rings. The van der Waals surface area contributed by atoms with Crippen molar-refractivity contribution >= 4 is 11.8 Å². The van der Waals surface area contributed by atoms with Crippen molar-refractivity contribution in [2.24, 2.45) is 5.73 Å². The average molecular weight is 282 g/mol. The first-order valence-electron chi connectivity index (χ1n) is 6.84. The van der Waals surface area contributed by atoms with Gasteiger partial charge in [0.25, 0.3) is 0 Å². The lowest BCUT2D eigenvalue weighted by molar-refractivity contribution is 0.276. The fourth-order valence-electron chi connectivity index (χ4n) is 2.36. The Balaban J connectivity index is 2.01. The minimum absolute atomic E-state index is 0.196. The molecular formula is C15H23FN2S. The molecule has 0 saturated carbocycles. The topological polar surface area (TPSA) is 29.3 Å². The van der Waals surface area contributed by atoms with Gasteiger partial charge >= 0.3 is 0 Å². The summed E-state index contributed by atoms with van der Waals surface area (Å²) in [7, 11) is 0. The summed E-state index contributed by atoms with van der Waals surface area (Å²) in [5.41, 5.74) is 7.33. The lowest BCUT2D eigenvalue weighted by atomic mass is 10.1. The Kier molecular flexibility index (Phi) is 4.87. The Bertz CT molecular complexity index is 434. The lowest BCUT2D eigenvalue weighted by Gasteiger charge is -2.22. The van der Waals surface area contributed by atoms with Crippen molar-refractivity contribution < 1.29 is 4.39 Å². The third kappa shape index (κ3) is 4.20. The second kappa shape index (κ2) is 6.25. The van der Waals surface area contributed by atoms with Gasteiger partial charge < -0.3 is 5.73 Å². The van der Waals surface area contributed by atoms with E-state index in [4.69, 9.17) is 5.73 Å². The summed E-state index contributed by atoms with van der Waals surface area (Å²) in [5.74, 6) is 0.969. The van der Waals surface area contributed by atoms with Crippen LogP contribution in [0.2, 0.25) is 0 Å². The van der Waals surface area contributed by atoms with Gasteiger partial charge in [0.05, 0.1) is 0 Å². The number of hydrogen-bond acceptors (Lipinski definition) is 3. The molecule has 0 atom stereocenters. The summed E-state index contributed by atoms with van der Waals surface area (Å²) >= 11 is 2.04. The molecule has 2 N–H and O–H groups in total. The molecule has 0 spiro atoms. The quantitative estimate of drug-likeness (QED) is 0.924. The van der Waals surface area contributed by atoms with Crippen LogP contribution < -0.4 is 5.73 Å². The lowest BCUT2D eigenvalue weighted by Crippen LogP contribution is -2.26. The zero-order chi connectivity index (χ0) is 13.9. The normalized spacial score (nSPS) is 20.2. The summed E-state index contributed by atoms with van der Waals surface area (Å²) in [6, 6.07) is 5.31. The number of nitrogens with two attached hydrogens (primary N) is 1. The highest BCUT2D eigenvalue weighted by Crippen LogP contribution is 2.31.